The van der Waals surface area contributed by atoms with Gasteiger partial charge < -0.3 is 39.2 Å². The van der Waals surface area contributed by atoms with E-state index >= 15 is 0 Å². The number of aryl methyl sites for hydroxylation is 1. The Balaban J connectivity index is 1.20. The van der Waals surface area contributed by atoms with Gasteiger partial charge in [0.25, 0.3) is 0 Å². The Morgan fingerprint density at radius 3 is 2.50 bits per heavy atom. The predicted octanol–water partition coefficient (Wildman–Crippen LogP) is 5.42. The number of nitrogens with one attached hydrogen (secondary N) is 2. The molecular formula is C33H45ClN7O4P. The number of benzene rings is 2. The Hall–Kier alpha value is -3.24. The van der Waals surface area contributed by atoms with E-state index < -0.39 is 7.14 Å². The summed E-state index contributed by atoms with van der Waals surface area (Å²) in [4.78, 5) is 16.6. The molecule has 0 amide bonds. The second kappa shape index (κ2) is 13.5. The fourth-order valence-electron chi connectivity index (χ4n) is 6.54. The molecule has 46 heavy (non-hydrogen) atoms. The van der Waals surface area contributed by atoms with Crippen molar-refractivity contribution in [2.45, 2.75) is 38.3 Å². The molecule has 1 aromatic heterocycles. The van der Waals surface area contributed by atoms with Gasteiger partial charge >= 0.3 is 0 Å². The Morgan fingerprint density at radius 2 is 1.83 bits per heavy atom. The van der Waals surface area contributed by atoms with Crippen LogP contribution in [0.25, 0.3) is 0 Å². The van der Waals surface area contributed by atoms with Crippen LogP contribution in [0.4, 0.5) is 28.8 Å². The molecule has 0 aliphatic carbocycles. The number of rotatable bonds is 10. The van der Waals surface area contributed by atoms with Crippen molar-refractivity contribution >= 4 is 52.9 Å². The van der Waals surface area contributed by atoms with Crippen LogP contribution in [0.3, 0.4) is 0 Å². The fraction of sp³-hybridized carbons (Fsp3) is 0.515. The minimum Gasteiger partial charge on any atom is -0.494 e. The fourth-order valence-corrected chi connectivity index (χ4v) is 8.06. The highest BCUT2D eigenvalue weighted by molar-refractivity contribution is 7.70. The van der Waals surface area contributed by atoms with Gasteiger partial charge in [-0.25, -0.2) is 4.98 Å². The van der Waals surface area contributed by atoms with E-state index in [2.05, 4.69) is 63.5 Å². The van der Waals surface area contributed by atoms with Gasteiger partial charge in [0.1, 0.15) is 31.1 Å². The van der Waals surface area contributed by atoms with Gasteiger partial charge in [0, 0.05) is 50.0 Å². The molecule has 0 atom stereocenters. The number of piperidine rings is 1. The third-order valence-electron chi connectivity index (χ3n) is 9.19. The lowest BCUT2D eigenvalue weighted by molar-refractivity contribution is 0.0188. The summed E-state index contributed by atoms with van der Waals surface area (Å²) in [5.41, 5.74) is 3.81. The van der Waals surface area contributed by atoms with Crippen molar-refractivity contribution < 1.29 is 18.8 Å². The van der Waals surface area contributed by atoms with Crippen molar-refractivity contribution in [2.24, 2.45) is 0 Å². The smallest absolute Gasteiger partial charge is 0.229 e. The van der Waals surface area contributed by atoms with Crippen LogP contribution in [0.15, 0.2) is 30.5 Å². The molecule has 2 saturated heterocycles. The summed E-state index contributed by atoms with van der Waals surface area (Å²) >= 11 is 6.56. The summed E-state index contributed by atoms with van der Waals surface area (Å²) in [6.07, 6.45) is 4.74. The molecule has 0 saturated carbocycles. The van der Waals surface area contributed by atoms with Crippen LogP contribution >= 0.6 is 18.7 Å². The van der Waals surface area contributed by atoms with Crippen molar-refractivity contribution in [3.05, 3.63) is 41.0 Å². The third-order valence-corrected chi connectivity index (χ3v) is 11.0. The van der Waals surface area contributed by atoms with Crippen LogP contribution in [-0.2, 0) is 11.0 Å². The quantitative estimate of drug-likeness (QED) is 0.271. The van der Waals surface area contributed by atoms with Crippen LogP contribution in [0.5, 0.6) is 17.2 Å². The van der Waals surface area contributed by atoms with Crippen molar-refractivity contribution in [3.63, 3.8) is 0 Å². The molecule has 2 aromatic carbocycles. The average Bonchev–Trinajstić information content (AvgIpc) is 3.01. The highest BCUT2D eigenvalue weighted by Crippen LogP contribution is 2.47. The third kappa shape index (κ3) is 6.74. The van der Waals surface area contributed by atoms with Gasteiger partial charge in [-0.1, -0.05) is 18.5 Å². The summed E-state index contributed by atoms with van der Waals surface area (Å²) in [5.74, 6) is 2.51. The maximum absolute atomic E-state index is 13.4. The lowest BCUT2D eigenvalue weighted by atomic mass is 9.96. The zero-order valence-electron chi connectivity index (χ0n) is 27.6. The van der Waals surface area contributed by atoms with Crippen LogP contribution < -0.4 is 35.0 Å². The summed E-state index contributed by atoms with van der Waals surface area (Å²) in [6.45, 7) is 10.8. The van der Waals surface area contributed by atoms with Gasteiger partial charge in [-0.2, -0.15) is 4.98 Å². The summed E-state index contributed by atoms with van der Waals surface area (Å²) in [5, 5.41) is 7.52. The highest BCUT2D eigenvalue weighted by atomic mass is 35.5. The first-order valence-electron chi connectivity index (χ1n) is 16.0. The Labute approximate surface area is 276 Å². The van der Waals surface area contributed by atoms with Crippen LogP contribution in [0.1, 0.15) is 25.3 Å². The van der Waals surface area contributed by atoms with Crippen LogP contribution in [-0.4, -0.2) is 106 Å². The minimum atomic E-state index is -2.78. The first-order chi connectivity index (χ1) is 22.0. The van der Waals surface area contributed by atoms with Gasteiger partial charge in [0.05, 0.1) is 30.0 Å². The van der Waals surface area contributed by atoms with Gasteiger partial charge in [-0.3, -0.25) is 4.90 Å². The number of hydrogen-bond donors (Lipinski definition) is 2. The first-order valence-corrected chi connectivity index (χ1v) is 18.9. The zero-order valence-corrected chi connectivity index (χ0v) is 29.3. The lowest BCUT2D eigenvalue weighted by Gasteiger charge is -2.49. The molecule has 4 heterocycles. The summed E-state index contributed by atoms with van der Waals surface area (Å²) in [6, 6.07) is 9.22. The molecule has 3 aliphatic heterocycles. The van der Waals surface area contributed by atoms with E-state index in [9.17, 15) is 4.57 Å². The lowest BCUT2D eigenvalue weighted by Crippen LogP contribution is -2.62. The summed E-state index contributed by atoms with van der Waals surface area (Å²) < 4.78 is 30.9. The number of fused-ring (bicyclic) bond motifs is 1. The van der Waals surface area contributed by atoms with E-state index in [1.165, 1.54) is 24.3 Å². The molecule has 0 radical (unpaired) electrons. The molecule has 248 valence electrons. The first kappa shape index (κ1) is 32.7. The molecule has 3 aliphatic rings. The molecule has 13 heteroatoms. The molecule has 0 spiro atoms. The van der Waals surface area contributed by atoms with E-state index in [-0.39, 0.29) is 0 Å². The van der Waals surface area contributed by atoms with Crippen LogP contribution in [0.2, 0.25) is 5.02 Å². The van der Waals surface area contributed by atoms with Crippen molar-refractivity contribution in [2.75, 3.05) is 89.5 Å². The Morgan fingerprint density at radius 1 is 1.09 bits per heavy atom. The average molecular weight is 670 g/mol. The molecule has 2 N–H and O–H groups in total. The topological polar surface area (TPSA) is 104 Å². The zero-order chi connectivity index (χ0) is 32.6. The molecule has 3 aromatic rings. The standard InChI is InChI=1S/C33H45ClN7O4P/c1-7-21-16-26(29(43-4)17-27(21)40-12-10-22(11-13-40)41-19-23(20-41)39(2)3)37-33-35-18-24(34)32(38-33)36-25-8-9-28-30(45-15-14-44-28)31(25)46(5,6)42/h8-9,16-18,22-23H,7,10-15,19-20H2,1-6H3,(H2,35,36,37,38). The minimum absolute atomic E-state index is 0.323. The van der Waals surface area contributed by atoms with E-state index in [1.54, 1.807) is 32.7 Å². The van der Waals surface area contributed by atoms with Gasteiger partial charge in [0.15, 0.2) is 17.3 Å². The van der Waals surface area contributed by atoms with E-state index in [0.717, 1.165) is 38.0 Å². The second-order valence-corrected chi connectivity index (χ2v) is 16.4. The van der Waals surface area contributed by atoms with E-state index in [4.69, 9.17) is 30.8 Å². The van der Waals surface area contributed by atoms with Crippen molar-refractivity contribution in [1.29, 1.82) is 0 Å². The number of nitrogens with zero attached hydrogens (tertiary/aromatic N) is 5. The Bertz CT molecular complexity index is 1620. The SMILES string of the molecule is CCc1cc(Nc2ncc(Cl)c(Nc3ccc4c(c3P(C)(C)=O)OCCO4)n2)c(OC)cc1N1CCC(N2CC(N(C)C)C2)CC1. The highest BCUT2D eigenvalue weighted by Gasteiger charge is 2.35. The van der Waals surface area contributed by atoms with Crippen molar-refractivity contribution in [1.82, 2.24) is 19.8 Å². The van der Waals surface area contributed by atoms with E-state index in [1.807, 2.05) is 6.07 Å². The molecule has 0 bridgehead atoms. The Kier molecular flexibility index (Phi) is 9.57. The molecule has 2 fully saturated rings. The number of likely N-dealkylation sites (tertiary alicyclic amines) is 1. The normalized spacial score (nSPS) is 17.6. The maximum Gasteiger partial charge on any atom is 0.229 e. The van der Waals surface area contributed by atoms with Crippen LogP contribution in [0, 0.1) is 0 Å². The number of hydrogen-bond acceptors (Lipinski definition) is 11. The number of aromatic nitrogens is 2. The van der Waals surface area contributed by atoms with Gasteiger partial charge in [-0.15, -0.1) is 0 Å². The number of halogens is 1. The number of likely N-dealkylation sites (N-methyl/N-ethyl adjacent to an activating group) is 1. The van der Waals surface area contributed by atoms with Gasteiger partial charge in [0.2, 0.25) is 5.95 Å². The summed E-state index contributed by atoms with van der Waals surface area (Å²) in [7, 11) is 3.25. The maximum atomic E-state index is 13.4. The predicted molar refractivity (Wildman–Crippen MR) is 187 cm³/mol. The van der Waals surface area contributed by atoms with Crippen molar-refractivity contribution in [3.8, 4) is 17.2 Å². The molecule has 0 unspecified atom stereocenters. The molecule has 11 nitrogen and oxygen atoms in total. The second-order valence-electron chi connectivity index (χ2n) is 12.8. The molecule has 6 rings (SSSR count). The molecular weight excluding hydrogens is 625 g/mol. The largest absolute Gasteiger partial charge is 0.494 e. The monoisotopic (exact) mass is 669 g/mol. The number of methoxy groups -OCH3 is 1. The number of anilines is 5. The van der Waals surface area contributed by atoms with E-state index in [0.29, 0.717) is 70.3 Å². The number of ether oxygens (including phenoxy) is 3. The van der Waals surface area contributed by atoms with Gasteiger partial charge in [-0.05, 0) is 70.5 Å².